The van der Waals surface area contributed by atoms with Crippen LogP contribution in [0.3, 0.4) is 0 Å². The molecule has 5 heteroatoms. The third kappa shape index (κ3) is 2.38. The van der Waals surface area contributed by atoms with Crippen LogP contribution in [-0.4, -0.2) is 6.54 Å². The Balaban J connectivity index is 3.01. The first-order valence-corrected chi connectivity index (χ1v) is 4.11. The predicted molar refractivity (Wildman–Crippen MR) is 48.6 cm³/mol. The van der Waals surface area contributed by atoms with Gasteiger partial charge in [0.25, 0.3) is 0 Å². The highest BCUT2D eigenvalue weighted by molar-refractivity contribution is 5.50. The zero-order chi connectivity index (χ0) is 10.8. The van der Waals surface area contributed by atoms with Gasteiger partial charge in [0.15, 0.2) is 0 Å². The van der Waals surface area contributed by atoms with Crippen LogP contribution in [0.2, 0.25) is 0 Å². The molecule has 0 spiro atoms. The summed E-state index contributed by atoms with van der Waals surface area (Å²) in [5.41, 5.74) is 10.8. The molecule has 0 heterocycles. The molecule has 0 aliphatic rings. The number of alkyl halides is 3. The Hall–Kier alpha value is -1.23. The Morgan fingerprint density at radius 1 is 1.21 bits per heavy atom. The van der Waals surface area contributed by atoms with Crippen molar-refractivity contribution in [2.45, 2.75) is 12.6 Å². The predicted octanol–water partition coefficient (Wildman–Crippen LogP) is 1.79. The quantitative estimate of drug-likeness (QED) is 0.721. The third-order valence-corrected chi connectivity index (χ3v) is 1.89. The van der Waals surface area contributed by atoms with Crippen molar-refractivity contribution in [2.75, 3.05) is 12.3 Å². The Kier molecular flexibility index (Phi) is 3.00. The van der Waals surface area contributed by atoms with Crippen molar-refractivity contribution in [2.24, 2.45) is 5.73 Å². The van der Waals surface area contributed by atoms with Crippen molar-refractivity contribution >= 4 is 5.69 Å². The minimum absolute atomic E-state index is 0.144. The number of anilines is 1. The van der Waals surface area contributed by atoms with E-state index in [9.17, 15) is 13.2 Å². The number of benzene rings is 1. The minimum atomic E-state index is -4.34. The Labute approximate surface area is 79.7 Å². The van der Waals surface area contributed by atoms with Crippen LogP contribution in [0.15, 0.2) is 18.2 Å². The largest absolute Gasteiger partial charge is 0.416 e. The zero-order valence-corrected chi connectivity index (χ0v) is 7.43. The van der Waals surface area contributed by atoms with Crippen molar-refractivity contribution in [1.29, 1.82) is 0 Å². The van der Waals surface area contributed by atoms with E-state index in [1.54, 1.807) is 0 Å². The second-order valence-electron chi connectivity index (χ2n) is 2.95. The first-order valence-electron chi connectivity index (χ1n) is 4.11. The highest BCUT2D eigenvalue weighted by Crippen LogP contribution is 2.31. The van der Waals surface area contributed by atoms with Gasteiger partial charge in [-0.1, -0.05) is 6.07 Å². The second kappa shape index (κ2) is 3.88. The van der Waals surface area contributed by atoms with Crippen molar-refractivity contribution in [1.82, 2.24) is 0 Å². The summed E-state index contributed by atoms with van der Waals surface area (Å²) in [7, 11) is 0. The van der Waals surface area contributed by atoms with Crippen LogP contribution in [0.5, 0.6) is 0 Å². The second-order valence-corrected chi connectivity index (χ2v) is 2.95. The smallest absolute Gasteiger partial charge is 0.398 e. The minimum Gasteiger partial charge on any atom is -0.398 e. The van der Waals surface area contributed by atoms with Gasteiger partial charge < -0.3 is 11.5 Å². The highest BCUT2D eigenvalue weighted by atomic mass is 19.4. The molecule has 0 bridgehead atoms. The number of nitrogen functional groups attached to an aromatic ring is 1. The SMILES string of the molecule is NCCc1ccc(C(F)(F)F)cc1N. The molecule has 1 aromatic rings. The summed E-state index contributed by atoms with van der Waals surface area (Å²) < 4.78 is 36.6. The summed E-state index contributed by atoms with van der Waals surface area (Å²) in [5, 5.41) is 0. The van der Waals surface area contributed by atoms with E-state index in [1.807, 2.05) is 0 Å². The van der Waals surface area contributed by atoms with Crippen molar-refractivity contribution in [3.05, 3.63) is 29.3 Å². The van der Waals surface area contributed by atoms with Gasteiger partial charge in [-0.2, -0.15) is 13.2 Å². The van der Waals surface area contributed by atoms with E-state index in [0.29, 0.717) is 18.5 Å². The lowest BCUT2D eigenvalue weighted by molar-refractivity contribution is -0.137. The van der Waals surface area contributed by atoms with Crippen LogP contribution in [-0.2, 0) is 12.6 Å². The summed E-state index contributed by atoms with van der Waals surface area (Å²) in [6, 6.07) is 3.32. The van der Waals surface area contributed by atoms with Crippen LogP contribution in [0, 0.1) is 0 Å². The summed E-state index contributed by atoms with van der Waals surface area (Å²) in [6.45, 7) is 0.371. The van der Waals surface area contributed by atoms with Crippen molar-refractivity contribution < 1.29 is 13.2 Å². The molecule has 14 heavy (non-hydrogen) atoms. The lowest BCUT2D eigenvalue weighted by Crippen LogP contribution is -2.09. The van der Waals surface area contributed by atoms with Gasteiger partial charge in [-0.05, 0) is 30.7 Å². The Morgan fingerprint density at radius 3 is 2.29 bits per heavy atom. The fourth-order valence-corrected chi connectivity index (χ4v) is 1.15. The molecular weight excluding hydrogens is 193 g/mol. The van der Waals surface area contributed by atoms with E-state index in [0.717, 1.165) is 12.1 Å². The summed E-state index contributed by atoms with van der Waals surface area (Å²) in [4.78, 5) is 0. The molecule has 0 radical (unpaired) electrons. The molecule has 0 saturated heterocycles. The van der Waals surface area contributed by atoms with Crippen molar-refractivity contribution in [3.63, 3.8) is 0 Å². The van der Waals surface area contributed by atoms with Gasteiger partial charge in [0.05, 0.1) is 5.56 Å². The summed E-state index contributed by atoms with van der Waals surface area (Å²) in [5.74, 6) is 0. The Morgan fingerprint density at radius 2 is 1.86 bits per heavy atom. The maximum atomic E-state index is 12.2. The number of rotatable bonds is 2. The first kappa shape index (κ1) is 10.8. The molecule has 78 valence electrons. The van der Waals surface area contributed by atoms with E-state index in [2.05, 4.69) is 0 Å². The molecule has 0 unspecified atom stereocenters. The fourth-order valence-electron chi connectivity index (χ4n) is 1.15. The highest BCUT2D eigenvalue weighted by Gasteiger charge is 2.30. The van der Waals surface area contributed by atoms with Gasteiger partial charge in [0.1, 0.15) is 0 Å². The van der Waals surface area contributed by atoms with Gasteiger partial charge in [-0.25, -0.2) is 0 Å². The van der Waals surface area contributed by atoms with E-state index < -0.39 is 11.7 Å². The maximum Gasteiger partial charge on any atom is 0.416 e. The van der Waals surface area contributed by atoms with Crippen molar-refractivity contribution in [3.8, 4) is 0 Å². The molecule has 0 aromatic heterocycles. The monoisotopic (exact) mass is 204 g/mol. The van der Waals surface area contributed by atoms with Gasteiger partial charge in [0.2, 0.25) is 0 Å². The molecule has 0 atom stereocenters. The lowest BCUT2D eigenvalue weighted by atomic mass is 10.1. The normalized spacial score (nSPS) is 11.7. The van der Waals surface area contributed by atoms with E-state index in [4.69, 9.17) is 11.5 Å². The molecule has 1 rings (SSSR count). The zero-order valence-electron chi connectivity index (χ0n) is 7.43. The molecule has 0 amide bonds. The maximum absolute atomic E-state index is 12.2. The van der Waals surface area contributed by atoms with Crippen LogP contribution in [0.4, 0.5) is 18.9 Å². The number of halogens is 3. The molecule has 0 saturated carbocycles. The van der Waals surface area contributed by atoms with Gasteiger partial charge in [-0.15, -0.1) is 0 Å². The number of hydrogen-bond donors (Lipinski definition) is 2. The molecule has 4 N–H and O–H groups in total. The molecule has 0 aliphatic heterocycles. The topological polar surface area (TPSA) is 52.0 Å². The van der Waals surface area contributed by atoms with E-state index >= 15 is 0 Å². The average Bonchev–Trinajstić information content (AvgIpc) is 2.07. The summed E-state index contributed by atoms with van der Waals surface area (Å²) >= 11 is 0. The van der Waals surface area contributed by atoms with Gasteiger partial charge >= 0.3 is 6.18 Å². The Bertz CT molecular complexity index is 320. The number of nitrogens with two attached hydrogens (primary N) is 2. The molecular formula is C9H11F3N2. The summed E-state index contributed by atoms with van der Waals surface area (Å²) in [6.07, 6.45) is -3.85. The average molecular weight is 204 g/mol. The lowest BCUT2D eigenvalue weighted by Gasteiger charge is -2.09. The van der Waals surface area contributed by atoms with E-state index in [1.165, 1.54) is 6.07 Å². The van der Waals surface area contributed by atoms with Crippen LogP contribution in [0.25, 0.3) is 0 Å². The van der Waals surface area contributed by atoms with Gasteiger partial charge in [-0.3, -0.25) is 0 Å². The van der Waals surface area contributed by atoms with E-state index in [-0.39, 0.29) is 5.69 Å². The molecule has 0 fully saturated rings. The first-order chi connectivity index (χ1) is 6.45. The number of hydrogen-bond acceptors (Lipinski definition) is 2. The fraction of sp³-hybridized carbons (Fsp3) is 0.333. The van der Waals surface area contributed by atoms with Crippen LogP contribution in [0.1, 0.15) is 11.1 Å². The van der Waals surface area contributed by atoms with Crippen LogP contribution < -0.4 is 11.5 Å². The standard InChI is InChI=1S/C9H11F3N2/c10-9(11,12)7-2-1-6(3-4-13)8(14)5-7/h1-2,5H,3-4,13-14H2. The van der Waals surface area contributed by atoms with Gasteiger partial charge in [0, 0.05) is 5.69 Å². The molecule has 2 nitrogen and oxygen atoms in total. The molecule has 1 aromatic carbocycles. The third-order valence-electron chi connectivity index (χ3n) is 1.89. The van der Waals surface area contributed by atoms with Crippen LogP contribution >= 0.6 is 0 Å². The molecule has 0 aliphatic carbocycles.